The molecule has 0 saturated carbocycles. The van der Waals surface area contributed by atoms with E-state index in [9.17, 15) is 31.6 Å². The summed E-state index contributed by atoms with van der Waals surface area (Å²) in [5, 5.41) is 63.9. The lowest BCUT2D eigenvalue weighted by Crippen LogP contribution is -2.10. The van der Waals surface area contributed by atoms with Crippen molar-refractivity contribution < 1.29 is 13.2 Å². The minimum absolute atomic E-state index is 0.0427. The smallest absolute Gasteiger partial charge is 0.308 e. The van der Waals surface area contributed by atoms with Crippen LogP contribution < -0.4 is 0 Å². The van der Waals surface area contributed by atoms with E-state index in [1.54, 1.807) is 24.3 Å². The van der Waals surface area contributed by atoms with Crippen LogP contribution in [0.4, 0.5) is 13.2 Å². The van der Waals surface area contributed by atoms with Crippen LogP contribution in [0.3, 0.4) is 0 Å². The number of para-hydroxylation sites is 2. The van der Waals surface area contributed by atoms with Gasteiger partial charge >= 0.3 is 6.18 Å². The molecule has 0 fully saturated rings. The van der Waals surface area contributed by atoms with Crippen LogP contribution in [-0.2, 0) is 6.18 Å². The third-order valence-electron chi connectivity index (χ3n) is 12.0. The van der Waals surface area contributed by atoms with Crippen molar-refractivity contribution in [2.45, 2.75) is 6.18 Å². The number of hydrogen-bond donors (Lipinski definition) is 0. The summed E-state index contributed by atoms with van der Waals surface area (Å²) in [6.07, 6.45) is -4.86. The van der Waals surface area contributed by atoms with Crippen molar-refractivity contribution in [1.29, 1.82) is 31.6 Å². The largest absolute Gasteiger partial charge is 0.417 e. The first-order valence-corrected chi connectivity index (χ1v) is 20.3. The Bertz CT molecular complexity index is 3800. The van der Waals surface area contributed by atoms with Crippen molar-refractivity contribution in [3.63, 3.8) is 0 Å². The van der Waals surface area contributed by atoms with Gasteiger partial charge in [0.2, 0.25) is 0 Å². The van der Waals surface area contributed by atoms with E-state index in [1.165, 1.54) is 36.4 Å². The first-order chi connectivity index (χ1) is 32.1. The van der Waals surface area contributed by atoms with Gasteiger partial charge in [-0.15, -0.1) is 0 Å². The Morgan fingerprint density at radius 3 is 1.29 bits per heavy atom. The molecular formula is C55H25F3N8. The van der Waals surface area contributed by atoms with Gasteiger partial charge in [-0.25, -0.2) is 0 Å². The van der Waals surface area contributed by atoms with E-state index in [0.29, 0.717) is 66.6 Å². The normalized spacial score (nSPS) is 11.2. The van der Waals surface area contributed by atoms with E-state index >= 15 is 13.2 Å². The van der Waals surface area contributed by atoms with Gasteiger partial charge in [0, 0.05) is 27.1 Å². The van der Waals surface area contributed by atoms with Crippen LogP contribution in [-0.4, -0.2) is 9.13 Å². The number of fused-ring (bicyclic) bond motifs is 6. The van der Waals surface area contributed by atoms with Crippen LogP contribution in [0.5, 0.6) is 0 Å². The fourth-order valence-corrected chi connectivity index (χ4v) is 9.13. The zero-order valence-corrected chi connectivity index (χ0v) is 34.1. The fourth-order valence-electron chi connectivity index (χ4n) is 9.13. The summed E-state index contributed by atoms with van der Waals surface area (Å²) >= 11 is 0. The van der Waals surface area contributed by atoms with Crippen molar-refractivity contribution in [2.24, 2.45) is 0 Å². The Hall–Kier alpha value is -9.91. The summed E-state index contributed by atoms with van der Waals surface area (Å²) in [6, 6.07) is 55.2. The number of nitriles is 6. The molecule has 2 aromatic heterocycles. The van der Waals surface area contributed by atoms with Gasteiger partial charge in [-0.05, 0) is 113 Å². The minimum Gasteiger partial charge on any atom is -0.308 e. The summed E-state index contributed by atoms with van der Waals surface area (Å²) in [5.41, 5.74) is 5.43. The lowest BCUT2D eigenvalue weighted by Gasteiger charge is -2.20. The van der Waals surface area contributed by atoms with Crippen molar-refractivity contribution >= 4 is 43.6 Å². The molecule has 10 rings (SSSR count). The second kappa shape index (κ2) is 15.5. The molecular weight excluding hydrogens is 830 g/mol. The molecule has 11 heteroatoms. The average molecular weight is 855 g/mol. The van der Waals surface area contributed by atoms with Gasteiger partial charge in [-0.2, -0.15) is 44.7 Å². The average Bonchev–Trinajstić information content (AvgIpc) is 3.86. The molecule has 0 atom stereocenters. The molecule has 306 valence electrons. The quantitative estimate of drug-likeness (QED) is 0.168. The van der Waals surface area contributed by atoms with Gasteiger partial charge < -0.3 is 9.13 Å². The molecule has 0 saturated heterocycles. The Labute approximate surface area is 374 Å². The van der Waals surface area contributed by atoms with Crippen LogP contribution in [0, 0.1) is 68.0 Å². The highest BCUT2D eigenvalue weighted by molar-refractivity contribution is 6.13. The van der Waals surface area contributed by atoms with Crippen LogP contribution >= 0.6 is 0 Å². The predicted octanol–water partition coefficient (Wildman–Crippen LogP) is 13.1. The highest BCUT2D eigenvalue weighted by atomic mass is 19.4. The Morgan fingerprint density at radius 1 is 0.379 bits per heavy atom. The third-order valence-corrected chi connectivity index (χ3v) is 12.0. The zero-order valence-electron chi connectivity index (χ0n) is 34.1. The molecule has 8 nitrogen and oxygen atoms in total. The van der Waals surface area contributed by atoms with Gasteiger partial charge in [-0.3, -0.25) is 0 Å². The zero-order chi connectivity index (χ0) is 45.9. The Kier molecular flexibility index (Phi) is 9.41. The summed E-state index contributed by atoms with van der Waals surface area (Å²) in [7, 11) is 0. The molecule has 2 heterocycles. The maximum atomic E-state index is 15.1. The van der Waals surface area contributed by atoms with Gasteiger partial charge in [0.25, 0.3) is 0 Å². The van der Waals surface area contributed by atoms with E-state index in [2.05, 4.69) is 30.3 Å². The van der Waals surface area contributed by atoms with Crippen LogP contribution in [0.15, 0.2) is 152 Å². The maximum absolute atomic E-state index is 15.1. The monoisotopic (exact) mass is 854 g/mol. The fraction of sp³-hybridized carbons (Fsp3) is 0.0182. The molecule has 0 unspecified atom stereocenters. The topological polar surface area (TPSA) is 153 Å². The van der Waals surface area contributed by atoms with Crippen molar-refractivity contribution in [3.05, 3.63) is 191 Å². The molecule has 0 aliphatic rings. The number of rotatable bonds is 5. The van der Waals surface area contributed by atoms with E-state index in [4.69, 9.17) is 0 Å². The van der Waals surface area contributed by atoms with Crippen LogP contribution in [0.2, 0.25) is 0 Å². The van der Waals surface area contributed by atoms with E-state index in [-0.39, 0.29) is 33.6 Å². The molecule has 0 spiro atoms. The lowest BCUT2D eigenvalue weighted by atomic mass is 9.92. The molecule has 0 N–H and O–H groups in total. The minimum atomic E-state index is -4.86. The first kappa shape index (κ1) is 40.2. The second-order valence-electron chi connectivity index (χ2n) is 15.5. The number of nitrogens with zero attached hydrogens (tertiary/aromatic N) is 8. The summed E-state index contributed by atoms with van der Waals surface area (Å²) in [6.45, 7) is 0. The van der Waals surface area contributed by atoms with Crippen LogP contribution in [0.1, 0.15) is 38.9 Å². The standard InChI is InChI=1S/C55H25F3N8/c56-55(57,58)47-9-5-6-36(28-61)54(47)37-24-52(65-48-10-3-1-7-42(48)44-22-34(14-18-50(44)65)40-16-12-32(26-59)20-38(40)29-62)46(31-64)53(25-37)66-49-11-4-2-8-43(49)45-23-35(15-19-51(45)66)41-17-13-33(27-60)21-39(41)30-63/h1-25H. The molecule has 66 heavy (non-hydrogen) atoms. The number of hydrogen-bond acceptors (Lipinski definition) is 6. The Morgan fingerprint density at radius 2 is 0.848 bits per heavy atom. The van der Waals surface area contributed by atoms with E-state index in [0.717, 1.165) is 27.6 Å². The molecule has 8 aromatic carbocycles. The molecule has 0 radical (unpaired) electrons. The molecule has 0 bridgehead atoms. The highest BCUT2D eigenvalue weighted by Gasteiger charge is 2.35. The van der Waals surface area contributed by atoms with E-state index in [1.807, 2.05) is 100 Å². The summed E-state index contributed by atoms with van der Waals surface area (Å²) in [4.78, 5) is 0. The number of alkyl halides is 3. The SMILES string of the molecule is N#Cc1ccc(-c2ccc3c(c2)c2ccccc2n3-c2cc(-c3c(C#N)cccc3C(F)(F)F)cc(-n3c4ccccc4c4cc(-c5ccc(C#N)cc5C#N)ccc43)c2C#N)c(C#N)c1. The maximum Gasteiger partial charge on any atom is 0.417 e. The Balaban J connectivity index is 1.32. The van der Waals surface area contributed by atoms with Gasteiger partial charge in [-0.1, -0.05) is 66.7 Å². The van der Waals surface area contributed by atoms with Gasteiger partial charge in [0.15, 0.2) is 0 Å². The summed E-state index contributed by atoms with van der Waals surface area (Å²) < 4.78 is 48.9. The third kappa shape index (κ3) is 6.26. The van der Waals surface area contributed by atoms with Gasteiger partial charge in [0.05, 0.1) is 97.2 Å². The van der Waals surface area contributed by atoms with Crippen molar-refractivity contribution in [2.75, 3.05) is 0 Å². The number of aromatic nitrogens is 2. The predicted molar refractivity (Wildman–Crippen MR) is 245 cm³/mol. The van der Waals surface area contributed by atoms with Gasteiger partial charge in [0.1, 0.15) is 11.6 Å². The highest BCUT2D eigenvalue weighted by Crippen LogP contribution is 2.45. The van der Waals surface area contributed by atoms with Crippen molar-refractivity contribution in [3.8, 4) is 81.2 Å². The lowest BCUT2D eigenvalue weighted by molar-refractivity contribution is -0.137. The second-order valence-corrected chi connectivity index (χ2v) is 15.5. The number of halogens is 3. The van der Waals surface area contributed by atoms with Crippen LogP contribution in [0.25, 0.3) is 88.4 Å². The molecule has 0 aliphatic carbocycles. The molecule has 0 aliphatic heterocycles. The first-order valence-electron chi connectivity index (χ1n) is 20.3. The summed E-state index contributed by atoms with van der Waals surface area (Å²) in [5.74, 6) is 0. The molecule has 10 aromatic rings. The number of benzene rings is 8. The van der Waals surface area contributed by atoms with E-state index < -0.39 is 11.7 Å². The molecule has 0 amide bonds. The van der Waals surface area contributed by atoms with Crippen molar-refractivity contribution in [1.82, 2.24) is 9.13 Å².